The average molecular weight is 457 g/mol. The number of para-hydroxylation sites is 1. The highest BCUT2D eigenvalue weighted by Gasteiger charge is 2.35. The molecular weight excluding hydrogens is 441 g/mol. The number of carbonyl (C=O) groups excluding carboxylic acids is 1. The number of carbonyl (C=O) groups is 1. The van der Waals surface area contributed by atoms with E-state index in [9.17, 15) is 18.0 Å². The maximum absolute atomic E-state index is 13.3. The van der Waals surface area contributed by atoms with Gasteiger partial charge in [-0.2, -0.15) is 18.3 Å². The minimum absolute atomic E-state index is 0.203. The third-order valence-corrected chi connectivity index (χ3v) is 5.05. The van der Waals surface area contributed by atoms with E-state index in [1.807, 2.05) is 0 Å². The Morgan fingerprint density at radius 1 is 1.00 bits per heavy atom. The second-order valence-corrected chi connectivity index (χ2v) is 7.30. The molecule has 2 aromatic heterocycles. The predicted octanol–water partition coefficient (Wildman–Crippen LogP) is 5.54. The molecular formula is C23H16ClF3N4O. The molecule has 4 aromatic rings. The number of amides is 1. The number of aromatic nitrogens is 3. The van der Waals surface area contributed by atoms with Crippen molar-refractivity contribution in [2.24, 2.45) is 0 Å². The Bertz CT molecular complexity index is 1240. The van der Waals surface area contributed by atoms with Crippen LogP contribution in [0.2, 0.25) is 5.02 Å². The zero-order chi connectivity index (χ0) is 22.7. The van der Waals surface area contributed by atoms with Gasteiger partial charge in [0.25, 0.3) is 5.91 Å². The fourth-order valence-corrected chi connectivity index (χ4v) is 3.33. The van der Waals surface area contributed by atoms with E-state index in [4.69, 9.17) is 11.6 Å². The second-order valence-electron chi connectivity index (χ2n) is 6.89. The summed E-state index contributed by atoms with van der Waals surface area (Å²) in [5.74, 6) is -0.302. The molecule has 2 heterocycles. The molecule has 0 bridgehead atoms. The zero-order valence-corrected chi connectivity index (χ0v) is 17.2. The predicted molar refractivity (Wildman–Crippen MR) is 114 cm³/mol. The first-order valence-electron chi connectivity index (χ1n) is 9.52. The van der Waals surface area contributed by atoms with E-state index < -0.39 is 11.9 Å². The molecule has 0 saturated carbocycles. The maximum Gasteiger partial charge on any atom is 0.435 e. The lowest BCUT2D eigenvalue weighted by molar-refractivity contribution is -0.141. The minimum atomic E-state index is -4.62. The monoisotopic (exact) mass is 456 g/mol. The molecule has 5 nitrogen and oxygen atoms in total. The van der Waals surface area contributed by atoms with Crippen molar-refractivity contribution in [1.29, 1.82) is 0 Å². The number of rotatable bonds is 5. The largest absolute Gasteiger partial charge is 0.435 e. The maximum atomic E-state index is 13.3. The lowest BCUT2D eigenvalue weighted by atomic mass is 10.1. The Kier molecular flexibility index (Phi) is 5.96. The van der Waals surface area contributed by atoms with Crippen molar-refractivity contribution in [3.05, 3.63) is 101 Å². The Hall–Kier alpha value is -3.65. The van der Waals surface area contributed by atoms with E-state index in [0.29, 0.717) is 23.4 Å². The molecule has 0 saturated heterocycles. The first kappa shape index (κ1) is 21.6. The SMILES string of the molecule is O=C(NCc1ccncc1)c1ccc(-c2cc(C(F)(F)F)nn2-c2ccccc2Cl)cc1. The Balaban J connectivity index is 1.63. The minimum Gasteiger partial charge on any atom is -0.348 e. The molecule has 1 amide bonds. The van der Waals surface area contributed by atoms with Gasteiger partial charge < -0.3 is 5.32 Å². The lowest BCUT2D eigenvalue weighted by Gasteiger charge is -2.10. The van der Waals surface area contributed by atoms with Crippen molar-refractivity contribution in [3.8, 4) is 16.9 Å². The number of benzene rings is 2. The number of pyridine rings is 1. The van der Waals surface area contributed by atoms with E-state index in [2.05, 4.69) is 15.4 Å². The standard InChI is InChI=1S/C23H16ClF3N4O/c24-18-3-1-2-4-19(18)31-20(13-21(30-31)23(25,26)27)16-5-7-17(8-6-16)22(32)29-14-15-9-11-28-12-10-15/h1-13H,14H2,(H,29,32). The average Bonchev–Trinajstić information content (AvgIpc) is 3.24. The molecule has 2 aromatic carbocycles. The number of alkyl halides is 3. The lowest BCUT2D eigenvalue weighted by Crippen LogP contribution is -2.22. The van der Waals surface area contributed by atoms with Crippen LogP contribution in [0.25, 0.3) is 16.9 Å². The Morgan fingerprint density at radius 2 is 1.69 bits per heavy atom. The Labute approximate surface area is 186 Å². The van der Waals surface area contributed by atoms with Crippen molar-refractivity contribution in [2.75, 3.05) is 0 Å². The normalized spacial score (nSPS) is 11.4. The fraction of sp³-hybridized carbons (Fsp3) is 0.0870. The van der Waals surface area contributed by atoms with Gasteiger partial charge in [0.1, 0.15) is 0 Å². The van der Waals surface area contributed by atoms with Crippen LogP contribution in [0, 0.1) is 0 Å². The summed E-state index contributed by atoms with van der Waals surface area (Å²) in [5, 5.41) is 6.79. The zero-order valence-electron chi connectivity index (χ0n) is 16.5. The molecule has 0 aliphatic carbocycles. The fourth-order valence-electron chi connectivity index (χ4n) is 3.11. The quantitative estimate of drug-likeness (QED) is 0.429. The van der Waals surface area contributed by atoms with Gasteiger partial charge in [0.05, 0.1) is 16.4 Å². The van der Waals surface area contributed by atoms with Crippen molar-refractivity contribution in [1.82, 2.24) is 20.1 Å². The summed E-state index contributed by atoms with van der Waals surface area (Å²) >= 11 is 6.19. The van der Waals surface area contributed by atoms with Crippen molar-refractivity contribution in [2.45, 2.75) is 12.7 Å². The summed E-state index contributed by atoms with van der Waals surface area (Å²) in [6.07, 6.45) is -1.35. The van der Waals surface area contributed by atoms with Gasteiger partial charge in [0.15, 0.2) is 5.69 Å². The van der Waals surface area contributed by atoms with Gasteiger partial charge in [-0.3, -0.25) is 9.78 Å². The number of halogens is 4. The molecule has 32 heavy (non-hydrogen) atoms. The molecule has 0 aliphatic heterocycles. The van der Waals surface area contributed by atoms with E-state index >= 15 is 0 Å². The molecule has 0 fully saturated rings. The van der Waals surface area contributed by atoms with Crippen LogP contribution in [-0.2, 0) is 12.7 Å². The highest BCUT2D eigenvalue weighted by Crippen LogP contribution is 2.34. The molecule has 162 valence electrons. The van der Waals surface area contributed by atoms with Crippen LogP contribution in [0.1, 0.15) is 21.6 Å². The smallest absolute Gasteiger partial charge is 0.348 e. The molecule has 0 atom stereocenters. The molecule has 0 unspecified atom stereocenters. The highest BCUT2D eigenvalue weighted by molar-refractivity contribution is 6.32. The number of hydrogen-bond acceptors (Lipinski definition) is 3. The van der Waals surface area contributed by atoms with Crippen molar-refractivity contribution < 1.29 is 18.0 Å². The number of nitrogens with one attached hydrogen (secondary N) is 1. The van der Waals surface area contributed by atoms with Crippen molar-refractivity contribution in [3.63, 3.8) is 0 Å². The molecule has 1 N–H and O–H groups in total. The van der Waals surface area contributed by atoms with Crippen molar-refractivity contribution >= 4 is 17.5 Å². The first-order chi connectivity index (χ1) is 15.3. The molecule has 0 radical (unpaired) electrons. The third-order valence-electron chi connectivity index (χ3n) is 4.73. The third kappa shape index (κ3) is 4.65. The molecule has 9 heteroatoms. The summed E-state index contributed by atoms with van der Waals surface area (Å²) in [5.41, 5.74) is 1.22. The van der Waals surface area contributed by atoms with Crippen LogP contribution in [-0.4, -0.2) is 20.7 Å². The van der Waals surface area contributed by atoms with Crippen LogP contribution in [0.15, 0.2) is 79.1 Å². The van der Waals surface area contributed by atoms with Gasteiger partial charge in [-0.05, 0) is 48.0 Å². The molecule has 0 spiro atoms. The number of nitrogens with zero attached hydrogens (tertiary/aromatic N) is 3. The second kappa shape index (κ2) is 8.84. The summed E-state index contributed by atoms with van der Waals surface area (Å²) in [6, 6.07) is 17.3. The van der Waals surface area contributed by atoms with Crippen LogP contribution >= 0.6 is 11.6 Å². The topological polar surface area (TPSA) is 59.8 Å². The summed E-state index contributed by atoms with van der Waals surface area (Å²) in [7, 11) is 0. The molecule has 4 rings (SSSR count). The van der Waals surface area contributed by atoms with Crippen LogP contribution in [0.5, 0.6) is 0 Å². The first-order valence-corrected chi connectivity index (χ1v) is 9.90. The molecule has 0 aliphatic rings. The van der Waals surface area contributed by atoms with Gasteiger partial charge in [-0.15, -0.1) is 0 Å². The summed E-state index contributed by atoms with van der Waals surface area (Å²) < 4.78 is 41.2. The van der Waals surface area contributed by atoms with Gasteiger partial charge >= 0.3 is 6.18 Å². The van der Waals surface area contributed by atoms with Crippen LogP contribution in [0.4, 0.5) is 13.2 Å². The van der Waals surface area contributed by atoms with Gasteiger partial charge in [0, 0.05) is 30.1 Å². The van der Waals surface area contributed by atoms with Gasteiger partial charge in [-0.1, -0.05) is 35.9 Å². The van der Waals surface area contributed by atoms with E-state index in [1.54, 1.807) is 73.1 Å². The summed E-state index contributed by atoms with van der Waals surface area (Å²) in [6.45, 7) is 0.331. The van der Waals surface area contributed by atoms with Gasteiger partial charge in [-0.25, -0.2) is 4.68 Å². The van der Waals surface area contributed by atoms with E-state index in [1.165, 1.54) is 0 Å². The highest BCUT2D eigenvalue weighted by atomic mass is 35.5. The van der Waals surface area contributed by atoms with Crippen LogP contribution < -0.4 is 5.32 Å². The van der Waals surface area contributed by atoms with E-state index in [-0.39, 0.29) is 16.6 Å². The van der Waals surface area contributed by atoms with Crippen LogP contribution in [0.3, 0.4) is 0 Å². The van der Waals surface area contributed by atoms with Gasteiger partial charge in [0.2, 0.25) is 0 Å². The van der Waals surface area contributed by atoms with E-state index in [0.717, 1.165) is 16.3 Å². The summed E-state index contributed by atoms with van der Waals surface area (Å²) in [4.78, 5) is 16.3. The Morgan fingerprint density at radius 3 is 2.34 bits per heavy atom. The number of hydrogen-bond donors (Lipinski definition) is 1.